The molecule has 0 radical (unpaired) electrons. The molecule has 0 bridgehead atoms. The molecule has 5 heteroatoms. The fourth-order valence-electron chi connectivity index (χ4n) is 2.96. The van der Waals surface area contributed by atoms with E-state index in [2.05, 4.69) is 52.0 Å². The molecule has 2 N–H and O–H groups in total. The van der Waals surface area contributed by atoms with E-state index in [-0.39, 0.29) is 0 Å². The van der Waals surface area contributed by atoms with Gasteiger partial charge in [0.1, 0.15) is 5.82 Å². The van der Waals surface area contributed by atoms with Gasteiger partial charge in [-0.15, -0.1) is 0 Å². The van der Waals surface area contributed by atoms with Gasteiger partial charge in [0.05, 0.1) is 10.7 Å². The Labute approximate surface area is 136 Å². The first-order valence-electron chi connectivity index (χ1n) is 7.57. The van der Waals surface area contributed by atoms with Crippen molar-refractivity contribution in [3.05, 3.63) is 53.2 Å². The number of hydrogen-bond donors (Lipinski definition) is 1. The Balaban J connectivity index is 1.66. The molecule has 1 saturated heterocycles. The lowest BCUT2D eigenvalue weighted by Gasteiger charge is -2.40. The van der Waals surface area contributed by atoms with Crippen molar-refractivity contribution in [3.63, 3.8) is 0 Å². The van der Waals surface area contributed by atoms with Crippen LogP contribution in [0.15, 0.2) is 42.6 Å². The quantitative estimate of drug-likeness (QED) is 0.945. The van der Waals surface area contributed by atoms with E-state index in [1.54, 1.807) is 6.20 Å². The molecule has 3 rings (SSSR count). The summed E-state index contributed by atoms with van der Waals surface area (Å²) in [6.45, 7) is 6.20. The van der Waals surface area contributed by atoms with E-state index in [4.69, 9.17) is 17.3 Å². The first kappa shape index (κ1) is 15.1. The standard InChI is InChI=1S/C17H21ClN4/c1-13-11-21(12-14-5-3-2-4-6-14)7-8-22(13)17-9-16(19)15(18)10-20-17/h2-6,9-10,13H,7-8,11-12H2,1H3,(H2,19,20)/t13-/m0/s1. The zero-order valence-electron chi connectivity index (χ0n) is 12.7. The molecule has 1 aliphatic heterocycles. The molecular formula is C17H21ClN4. The number of pyridine rings is 1. The summed E-state index contributed by atoms with van der Waals surface area (Å²) in [6.07, 6.45) is 1.63. The zero-order chi connectivity index (χ0) is 15.5. The maximum absolute atomic E-state index is 5.96. The minimum atomic E-state index is 0.394. The molecule has 1 fully saturated rings. The predicted molar refractivity (Wildman–Crippen MR) is 92.2 cm³/mol. The first-order valence-corrected chi connectivity index (χ1v) is 7.95. The number of aromatic nitrogens is 1. The summed E-state index contributed by atoms with van der Waals surface area (Å²) in [6, 6.07) is 12.9. The highest BCUT2D eigenvalue weighted by Gasteiger charge is 2.24. The van der Waals surface area contributed by atoms with Crippen LogP contribution in [-0.2, 0) is 6.54 Å². The highest BCUT2D eigenvalue weighted by Crippen LogP contribution is 2.25. The van der Waals surface area contributed by atoms with E-state index < -0.39 is 0 Å². The summed E-state index contributed by atoms with van der Waals surface area (Å²) >= 11 is 5.96. The van der Waals surface area contributed by atoms with E-state index in [9.17, 15) is 0 Å². The van der Waals surface area contributed by atoms with E-state index in [1.807, 2.05) is 6.07 Å². The molecule has 116 valence electrons. The fourth-order valence-corrected chi connectivity index (χ4v) is 3.06. The average molecular weight is 317 g/mol. The molecule has 4 nitrogen and oxygen atoms in total. The van der Waals surface area contributed by atoms with Gasteiger partial charge in [-0.25, -0.2) is 4.98 Å². The Morgan fingerprint density at radius 1 is 1.27 bits per heavy atom. The highest BCUT2D eigenvalue weighted by atomic mass is 35.5. The minimum absolute atomic E-state index is 0.394. The third kappa shape index (κ3) is 3.34. The molecule has 2 aromatic rings. The van der Waals surface area contributed by atoms with Crippen molar-refractivity contribution < 1.29 is 0 Å². The fraction of sp³-hybridized carbons (Fsp3) is 0.353. The third-order valence-corrected chi connectivity index (χ3v) is 4.44. The van der Waals surface area contributed by atoms with Gasteiger partial charge in [-0.3, -0.25) is 4.90 Å². The maximum Gasteiger partial charge on any atom is 0.130 e. The van der Waals surface area contributed by atoms with Crippen LogP contribution in [0.1, 0.15) is 12.5 Å². The number of piperazine rings is 1. The number of nitrogen functional groups attached to an aromatic ring is 1. The number of halogens is 1. The van der Waals surface area contributed by atoms with Gasteiger partial charge < -0.3 is 10.6 Å². The Hall–Kier alpha value is -1.78. The molecule has 0 amide bonds. The number of rotatable bonds is 3. The number of nitrogens with two attached hydrogens (primary N) is 1. The Bertz CT molecular complexity index is 632. The van der Waals surface area contributed by atoms with Gasteiger partial charge in [-0.2, -0.15) is 0 Å². The molecule has 1 aromatic carbocycles. The molecule has 0 unspecified atom stereocenters. The molecule has 0 saturated carbocycles. The normalized spacial score (nSPS) is 19.4. The van der Waals surface area contributed by atoms with Crippen molar-refractivity contribution in [2.45, 2.75) is 19.5 Å². The van der Waals surface area contributed by atoms with Crippen LogP contribution in [0.4, 0.5) is 11.5 Å². The van der Waals surface area contributed by atoms with Gasteiger partial charge in [-0.05, 0) is 12.5 Å². The summed E-state index contributed by atoms with van der Waals surface area (Å²) in [5.41, 5.74) is 7.84. The summed E-state index contributed by atoms with van der Waals surface area (Å²) in [5, 5.41) is 0.513. The van der Waals surface area contributed by atoms with Crippen LogP contribution in [0.25, 0.3) is 0 Å². The summed E-state index contributed by atoms with van der Waals surface area (Å²) in [5.74, 6) is 0.911. The second kappa shape index (κ2) is 6.55. The number of anilines is 2. The van der Waals surface area contributed by atoms with E-state index in [1.165, 1.54) is 5.56 Å². The van der Waals surface area contributed by atoms with Crippen LogP contribution < -0.4 is 10.6 Å². The summed E-state index contributed by atoms with van der Waals surface area (Å²) < 4.78 is 0. The van der Waals surface area contributed by atoms with Crippen LogP contribution in [0.2, 0.25) is 5.02 Å². The molecule has 0 aliphatic carbocycles. The molecular weight excluding hydrogens is 296 g/mol. The van der Waals surface area contributed by atoms with E-state index in [0.717, 1.165) is 32.0 Å². The van der Waals surface area contributed by atoms with Crippen molar-refractivity contribution >= 4 is 23.1 Å². The van der Waals surface area contributed by atoms with Gasteiger partial charge in [0.2, 0.25) is 0 Å². The largest absolute Gasteiger partial charge is 0.397 e. The maximum atomic E-state index is 5.96. The van der Waals surface area contributed by atoms with Gasteiger partial charge in [0.25, 0.3) is 0 Å². The van der Waals surface area contributed by atoms with Crippen LogP contribution in [0, 0.1) is 0 Å². The second-order valence-electron chi connectivity index (χ2n) is 5.83. The minimum Gasteiger partial charge on any atom is -0.397 e. The van der Waals surface area contributed by atoms with Crippen LogP contribution >= 0.6 is 11.6 Å². The van der Waals surface area contributed by atoms with Crippen molar-refractivity contribution in [1.29, 1.82) is 0 Å². The van der Waals surface area contributed by atoms with Gasteiger partial charge in [0, 0.05) is 44.5 Å². The van der Waals surface area contributed by atoms with Crippen molar-refractivity contribution in [1.82, 2.24) is 9.88 Å². The molecule has 1 aromatic heterocycles. The van der Waals surface area contributed by atoms with Crippen LogP contribution in [0.3, 0.4) is 0 Å². The first-order chi connectivity index (χ1) is 10.6. The van der Waals surface area contributed by atoms with Gasteiger partial charge >= 0.3 is 0 Å². The Kier molecular flexibility index (Phi) is 4.50. The molecule has 2 heterocycles. The second-order valence-corrected chi connectivity index (χ2v) is 6.23. The molecule has 1 aliphatic rings. The SMILES string of the molecule is C[C@H]1CN(Cc2ccccc2)CCN1c1cc(N)c(Cl)cn1. The van der Waals surface area contributed by atoms with E-state index >= 15 is 0 Å². The number of hydrogen-bond acceptors (Lipinski definition) is 4. The number of nitrogens with zero attached hydrogens (tertiary/aromatic N) is 3. The smallest absolute Gasteiger partial charge is 0.130 e. The lowest BCUT2D eigenvalue weighted by molar-refractivity contribution is 0.220. The lowest BCUT2D eigenvalue weighted by Crippen LogP contribution is -2.51. The molecule has 0 spiro atoms. The van der Waals surface area contributed by atoms with Crippen LogP contribution in [0.5, 0.6) is 0 Å². The number of benzene rings is 1. The Morgan fingerprint density at radius 2 is 2.05 bits per heavy atom. The zero-order valence-corrected chi connectivity index (χ0v) is 13.5. The van der Waals surface area contributed by atoms with Crippen LogP contribution in [-0.4, -0.2) is 35.6 Å². The predicted octanol–water partition coefficient (Wildman–Crippen LogP) is 3.03. The topological polar surface area (TPSA) is 45.4 Å². The lowest BCUT2D eigenvalue weighted by atomic mass is 10.1. The highest BCUT2D eigenvalue weighted by molar-refractivity contribution is 6.32. The van der Waals surface area contributed by atoms with E-state index in [0.29, 0.717) is 16.8 Å². The van der Waals surface area contributed by atoms with Crippen molar-refractivity contribution in [2.75, 3.05) is 30.3 Å². The summed E-state index contributed by atoms with van der Waals surface area (Å²) in [4.78, 5) is 9.20. The van der Waals surface area contributed by atoms with Gasteiger partial charge in [-0.1, -0.05) is 41.9 Å². The van der Waals surface area contributed by atoms with Crippen molar-refractivity contribution in [2.24, 2.45) is 0 Å². The van der Waals surface area contributed by atoms with Crippen molar-refractivity contribution in [3.8, 4) is 0 Å². The average Bonchev–Trinajstić information content (AvgIpc) is 2.51. The molecule has 22 heavy (non-hydrogen) atoms. The Morgan fingerprint density at radius 3 is 2.73 bits per heavy atom. The summed E-state index contributed by atoms with van der Waals surface area (Å²) in [7, 11) is 0. The van der Waals surface area contributed by atoms with Gasteiger partial charge in [0.15, 0.2) is 0 Å². The third-order valence-electron chi connectivity index (χ3n) is 4.13. The monoisotopic (exact) mass is 316 g/mol. The molecule has 1 atom stereocenters.